The summed E-state index contributed by atoms with van der Waals surface area (Å²) >= 11 is 0. The topological polar surface area (TPSA) is 87.9 Å². The van der Waals surface area contributed by atoms with Gasteiger partial charge in [0.05, 0.1) is 11.0 Å². The van der Waals surface area contributed by atoms with Crippen LogP contribution in [0, 0.1) is 33.1 Å². The summed E-state index contributed by atoms with van der Waals surface area (Å²) in [6.45, 7) is 28.3. The standard InChI is InChI=1S/C48H63NO5/c1-13-20-22-41(21-14-2)53-48(18-6,19-7)47(17-5,32-49)44(50)39-23-25-40(26-24-39)45(51)52-42-33(8)27-37(28-34(42)9)31-38-29-35(10)43(36(11)30-38)54-46(12,15-3)16-4/h13-14,20-30H,1-2,15-19,31-32,49H2,3-12H3/b22-20-,41-21+. The Morgan fingerprint density at radius 2 is 1.22 bits per heavy atom. The van der Waals surface area contributed by atoms with Crippen LogP contribution in [0.5, 0.6) is 11.5 Å². The van der Waals surface area contributed by atoms with Crippen LogP contribution in [-0.2, 0) is 11.2 Å². The van der Waals surface area contributed by atoms with Crippen molar-refractivity contribution >= 4 is 11.8 Å². The van der Waals surface area contributed by atoms with Crippen LogP contribution in [0.1, 0.15) is 128 Å². The molecule has 0 radical (unpaired) electrons. The molecule has 1 atom stereocenters. The number of hydrogen-bond donors (Lipinski definition) is 1. The molecule has 0 aliphatic carbocycles. The summed E-state index contributed by atoms with van der Waals surface area (Å²) in [5, 5.41) is 0. The van der Waals surface area contributed by atoms with Crippen LogP contribution in [0.4, 0.5) is 0 Å². The molecule has 0 bridgehead atoms. The van der Waals surface area contributed by atoms with Gasteiger partial charge in [0.2, 0.25) is 0 Å². The molecule has 0 aliphatic rings. The van der Waals surface area contributed by atoms with Gasteiger partial charge in [-0.1, -0.05) is 102 Å². The number of aryl methyl sites for hydroxylation is 4. The fourth-order valence-corrected chi connectivity index (χ4v) is 7.58. The van der Waals surface area contributed by atoms with Crippen molar-refractivity contribution in [3.8, 4) is 11.5 Å². The smallest absolute Gasteiger partial charge is 0.343 e. The van der Waals surface area contributed by atoms with E-state index in [1.807, 2.05) is 34.6 Å². The summed E-state index contributed by atoms with van der Waals surface area (Å²) in [5.41, 5.74) is 11.5. The molecule has 0 saturated heterocycles. The maximum Gasteiger partial charge on any atom is 0.343 e. The molecule has 0 fully saturated rings. The van der Waals surface area contributed by atoms with Gasteiger partial charge in [0.15, 0.2) is 5.78 Å². The molecule has 0 spiro atoms. The predicted molar refractivity (Wildman–Crippen MR) is 224 cm³/mol. The molecule has 54 heavy (non-hydrogen) atoms. The average molecular weight is 734 g/mol. The summed E-state index contributed by atoms with van der Waals surface area (Å²) in [5.74, 6) is 1.45. The molecule has 0 aliphatic heterocycles. The molecule has 3 aromatic rings. The molecule has 290 valence electrons. The molecule has 0 aromatic heterocycles. The van der Waals surface area contributed by atoms with Crippen molar-refractivity contribution in [2.24, 2.45) is 11.1 Å². The Kier molecular flexibility index (Phi) is 15.4. The van der Waals surface area contributed by atoms with E-state index in [-0.39, 0.29) is 17.9 Å². The zero-order chi connectivity index (χ0) is 40.3. The summed E-state index contributed by atoms with van der Waals surface area (Å²) < 4.78 is 19.2. The number of carbonyl (C=O) groups is 2. The van der Waals surface area contributed by atoms with E-state index in [9.17, 15) is 9.59 Å². The molecule has 1 unspecified atom stereocenters. The first-order valence-corrected chi connectivity index (χ1v) is 19.4. The fraction of sp³-hybridized carbons (Fsp3) is 0.417. The van der Waals surface area contributed by atoms with E-state index in [1.54, 1.807) is 54.6 Å². The van der Waals surface area contributed by atoms with Crippen molar-refractivity contribution in [2.45, 2.75) is 119 Å². The van der Waals surface area contributed by atoms with Crippen molar-refractivity contribution in [3.63, 3.8) is 0 Å². The lowest BCUT2D eigenvalue weighted by molar-refractivity contribution is -0.0873. The van der Waals surface area contributed by atoms with Gasteiger partial charge in [-0.2, -0.15) is 0 Å². The number of hydrogen-bond acceptors (Lipinski definition) is 6. The van der Waals surface area contributed by atoms with Gasteiger partial charge in [0, 0.05) is 12.1 Å². The van der Waals surface area contributed by atoms with Crippen LogP contribution in [-0.4, -0.2) is 29.5 Å². The van der Waals surface area contributed by atoms with Crippen molar-refractivity contribution in [1.29, 1.82) is 0 Å². The van der Waals surface area contributed by atoms with E-state index in [4.69, 9.17) is 19.9 Å². The molecule has 0 heterocycles. The molecular formula is C48H63NO5. The Balaban J connectivity index is 1.85. The quantitative estimate of drug-likeness (QED) is 0.0409. The van der Waals surface area contributed by atoms with Crippen LogP contribution in [0.2, 0.25) is 0 Å². The van der Waals surface area contributed by atoms with Gasteiger partial charge >= 0.3 is 5.97 Å². The van der Waals surface area contributed by atoms with Gasteiger partial charge in [-0.05, 0) is 131 Å². The molecule has 3 rings (SSSR count). The first kappa shape index (κ1) is 43.7. The van der Waals surface area contributed by atoms with Gasteiger partial charge in [-0.15, -0.1) is 0 Å². The van der Waals surface area contributed by atoms with Crippen LogP contribution >= 0.6 is 0 Å². The third-order valence-electron chi connectivity index (χ3n) is 11.3. The third-order valence-corrected chi connectivity index (χ3v) is 11.3. The predicted octanol–water partition coefficient (Wildman–Crippen LogP) is 11.6. The molecule has 3 aromatic carbocycles. The van der Waals surface area contributed by atoms with Crippen LogP contribution < -0.4 is 15.2 Å². The highest BCUT2D eigenvalue weighted by atomic mass is 16.5. The fourth-order valence-electron chi connectivity index (χ4n) is 7.58. The molecule has 6 nitrogen and oxygen atoms in total. The SMILES string of the molecule is C=C/C=C\C(=C/C=C)OC(CC)(CC)C(CC)(CN)C(=O)c1ccc(C(=O)Oc2c(C)cc(Cc3cc(C)c(OC(C)(CC)CC)c(C)c3)cc2C)cc1. The molecule has 6 heteroatoms. The Hall–Kier alpha value is -4.68. The lowest BCUT2D eigenvalue weighted by Crippen LogP contribution is -2.58. The highest BCUT2D eigenvalue weighted by Crippen LogP contribution is 2.46. The van der Waals surface area contributed by atoms with Gasteiger partial charge in [0.25, 0.3) is 0 Å². The zero-order valence-electron chi connectivity index (χ0n) is 34.5. The van der Waals surface area contributed by atoms with E-state index in [1.165, 1.54) is 5.56 Å². The second-order valence-electron chi connectivity index (χ2n) is 14.7. The maximum absolute atomic E-state index is 14.4. The monoisotopic (exact) mass is 733 g/mol. The molecule has 0 saturated carbocycles. The Morgan fingerprint density at radius 3 is 1.65 bits per heavy atom. The Labute approximate surface area is 325 Å². The van der Waals surface area contributed by atoms with E-state index in [0.717, 1.165) is 52.8 Å². The van der Waals surface area contributed by atoms with E-state index in [2.05, 4.69) is 72.0 Å². The van der Waals surface area contributed by atoms with Crippen LogP contribution in [0.15, 0.2) is 97.8 Å². The Bertz CT molecular complexity index is 1800. The number of Topliss-reactive ketones (excluding diaryl/α,β-unsaturated/α-hetero) is 1. The summed E-state index contributed by atoms with van der Waals surface area (Å²) in [6, 6.07) is 15.2. The van der Waals surface area contributed by atoms with E-state index < -0.39 is 17.0 Å². The zero-order valence-corrected chi connectivity index (χ0v) is 34.5. The maximum atomic E-state index is 14.4. The minimum atomic E-state index is -1.03. The highest BCUT2D eigenvalue weighted by Gasteiger charge is 2.54. The minimum absolute atomic E-state index is 0.0885. The molecule has 0 amide bonds. The number of ether oxygens (including phenoxy) is 3. The number of ketones is 1. The number of esters is 1. The number of allylic oxidation sites excluding steroid dienone is 5. The highest BCUT2D eigenvalue weighted by molar-refractivity contribution is 6.02. The number of rotatable bonds is 20. The second kappa shape index (κ2) is 19.1. The average Bonchev–Trinajstić information content (AvgIpc) is 3.16. The van der Waals surface area contributed by atoms with E-state index in [0.29, 0.717) is 41.9 Å². The minimum Gasteiger partial charge on any atom is -0.487 e. The Morgan fingerprint density at radius 1 is 0.722 bits per heavy atom. The van der Waals surface area contributed by atoms with E-state index >= 15 is 0 Å². The lowest BCUT2D eigenvalue weighted by Gasteiger charge is -2.48. The van der Waals surface area contributed by atoms with Gasteiger partial charge in [0.1, 0.15) is 28.5 Å². The molecule has 2 N–H and O–H groups in total. The number of benzene rings is 3. The number of nitrogens with two attached hydrogens (primary N) is 1. The second-order valence-corrected chi connectivity index (χ2v) is 14.7. The largest absolute Gasteiger partial charge is 0.487 e. The van der Waals surface area contributed by atoms with Crippen molar-refractivity contribution < 1.29 is 23.8 Å². The molecular weight excluding hydrogens is 671 g/mol. The first-order valence-electron chi connectivity index (χ1n) is 19.4. The van der Waals surface area contributed by atoms with Gasteiger partial charge in [-0.3, -0.25) is 4.79 Å². The van der Waals surface area contributed by atoms with Crippen molar-refractivity contribution in [2.75, 3.05) is 6.54 Å². The van der Waals surface area contributed by atoms with Crippen molar-refractivity contribution in [1.82, 2.24) is 0 Å². The lowest BCUT2D eigenvalue weighted by atomic mass is 9.63. The normalized spacial score (nSPS) is 13.4. The number of carbonyl (C=O) groups excluding carboxylic acids is 2. The summed E-state index contributed by atoms with van der Waals surface area (Å²) in [7, 11) is 0. The van der Waals surface area contributed by atoms with Gasteiger partial charge < -0.3 is 19.9 Å². The summed E-state index contributed by atoms with van der Waals surface area (Å²) in [4.78, 5) is 27.9. The third kappa shape index (κ3) is 9.51. The first-order chi connectivity index (χ1) is 25.7. The van der Waals surface area contributed by atoms with Crippen LogP contribution in [0.25, 0.3) is 0 Å². The van der Waals surface area contributed by atoms with Crippen molar-refractivity contribution in [3.05, 3.63) is 142 Å². The van der Waals surface area contributed by atoms with Gasteiger partial charge in [-0.25, -0.2) is 4.79 Å². The van der Waals surface area contributed by atoms with Crippen LogP contribution in [0.3, 0.4) is 0 Å². The summed E-state index contributed by atoms with van der Waals surface area (Å²) in [6.07, 6.45) is 12.9.